The van der Waals surface area contributed by atoms with E-state index in [4.69, 9.17) is 4.42 Å². The lowest BCUT2D eigenvalue weighted by Gasteiger charge is -2.28. The van der Waals surface area contributed by atoms with Gasteiger partial charge >= 0.3 is 0 Å². The van der Waals surface area contributed by atoms with Crippen LogP contribution in [0.5, 0.6) is 0 Å². The molecule has 3 heterocycles. The molecule has 180 valence electrons. The summed E-state index contributed by atoms with van der Waals surface area (Å²) in [5.41, 5.74) is 4.14. The first-order chi connectivity index (χ1) is 17.2. The first kappa shape index (κ1) is 23.2. The number of amides is 1. The quantitative estimate of drug-likeness (QED) is 0.325. The van der Waals surface area contributed by atoms with E-state index in [1.54, 1.807) is 6.26 Å². The number of carbonyl (C=O) groups excluding carboxylic acids is 1. The zero-order valence-corrected chi connectivity index (χ0v) is 20.6. The second-order valence-electron chi connectivity index (χ2n) is 8.77. The highest BCUT2D eigenvalue weighted by atomic mass is 32.2. The van der Waals surface area contributed by atoms with E-state index in [0.29, 0.717) is 11.7 Å². The summed E-state index contributed by atoms with van der Waals surface area (Å²) in [5.74, 6) is 1.71. The SMILES string of the molecule is Cc1cccc(-c2nnc(SCC(=O)Nc3ccc(N4CCCCC4)cc3)n2Cc2ccco2)c1. The number of furan rings is 1. The largest absolute Gasteiger partial charge is 0.467 e. The number of thioether (sulfide) groups is 1. The second-order valence-corrected chi connectivity index (χ2v) is 9.72. The fraction of sp³-hybridized carbons (Fsp3) is 0.296. The summed E-state index contributed by atoms with van der Waals surface area (Å²) in [5, 5.41) is 12.5. The van der Waals surface area contributed by atoms with Crippen LogP contribution in [0.25, 0.3) is 11.4 Å². The number of piperidine rings is 1. The maximum absolute atomic E-state index is 12.7. The predicted octanol–water partition coefficient (Wildman–Crippen LogP) is 5.62. The average Bonchev–Trinajstić information content (AvgIpc) is 3.54. The Bertz CT molecular complexity index is 1260. The minimum Gasteiger partial charge on any atom is -0.467 e. The van der Waals surface area contributed by atoms with E-state index in [9.17, 15) is 4.79 Å². The monoisotopic (exact) mass is 487 g/mol. The van der Waals surface area contributed by atoms with E-state index in [2.05, 4.69) is 51.6 Å². The van der Waals surface area contributed by atoms with Gasteiger partial charge in [0.15, 0.2) is 11.0 Å². The third kappa shape index (κ3) is 5.77. The molecule has 7 nitrogen and oxygen atoms in total. The van der Waals surface area contributed by atoms with Crippen molar-refractivity contribution in [1.29, 1.82) is 0 Å². The van der Waals surface area contributed by atoms with Crippen molar-refractivity contribution in [3.8, 4) is 11.4 Å². The van der Waals surface area contributed by atoms with Crippen LogP contribution in [0.2, 0.25) is 0 Å². The summed E-state index contributed by atoms with van der Waals surface area (Å²) in [6, 6.07) is 20.1. The molecule has 0 unspecified atom stereocenters. The van der Waals surface area contributed by atoms with Crippen LogP contribution in [0.15, 0.2) is 76.5 Å². The molecule has 0 saturated carbocycles. The van der Waals surface area contributed by atoms with Crippen LogP contribution in [0.3, 0.4) is 0 Å². The number of benzene rings is 2. The highest BCUT2D eigenvalue weighted by Gasteiger charge is 2.17. The van der Waals surface area contributed by atoms with E-state index < -0.39 is 0 Å². The Morgan fingerprint density at radius 3 is 2.60 bits per heavy atom. The smallest absolute Gasteiger partial charge is 0.234 e. The topological polar surface area (TPSA) is 76.2 Å². The Hall–Kier alpha value is -3.52. The summed E-state index contributed by atoms with van der Waals surface area (Å²) in [4.78, 5) is 15.1. The number of anilines is 2. The van der Waals surface area contributed by atoms with Crippen LogP contribution in [-0.2, 0) is 11.3 Å². The third-order valence-electron chi connectivity index (χ3n) is 6.09. The Balaban J connectivity index is 1.26. The van der Waals surface area contributed by atoms with E-state index in [1.165, 1.54) is 36.7 Å². The summed E-state index contributed by atoms with van der Waals surface area (Å²) >= 11 is 1.37. The number of aromatic nitrogens is 3. The molecule has 0 bridgehead atoms. The minimum absolute atomic E-state index is 0.0784. The van der Waals surface area contributed by atoms with E-state index in [0.717, 1.165) is 41.5 Å². The molecule has 0 aliphatic carbocycles. The molecule has 1 N–H and O–H groups in total. The zero-order valence-electron chi connectivity index (χ0n) is 19.8. The van der Waals surface area contributed by atoms with Gasteiger partial charge in [0.05, 0.1) is 18.6 Å². The number of nitrogens with one attached hydrogen (secondary N) is 1. The van der Waals surface area contributed by atoms with Crippen LogP contribution in [-0.4, -0.2) is 39.5 Å². The summed E-state index contributed by atoms with van der Waals surface area (Å²) in [7, 11) is 0. The van der Waals surface area contributed by atoms with Crippen molar-refractivity contribution in [3.63, 3.8) is 0 Å². The van der Waals surface area contributed by atoms with Crippen LogP contribution < -0.4 is 10.2 Å². The summed E-state index contributed by atoms with van der Waals surface area (Å²) in [6.07, 6.45) is 5.45. The molecule has 0 spiro atoms. The van der Waals surface area contributed by atoms with E-state index >= 15 is 0 Å². The maximum atomic E-state index is 12.7. The van der Waals surface area contributed by atoms with E-state index in [-0.39, 0.29) is 11.7 Å². The minimum atomic E-state index is -0.0784. The Morgan fingerprint density at radius 2 is 1.86 bits per heavy atom. The van der Waals surface area contributed by atoms with Crippen molar-refractivity contribution < 1.29 is 9.21 Å². The molecule has 1 saturated heterocycles. The molecule has 1 aliphatic heterocycles. The van der Waals surface area contributed by atoms with Gasteiger partial charge in [-0.1, -0.05) is 35.5 Å². The number of hydrogen-bond acceptors (Lipinski definition) is 6. The predicted molar refractivity (Wildman–Crippen MR) is 140 cm³/mol. The first-order valence-electron chi connectivity index (χ1n) is 12.0. The fourth-order valence-electron chi connectivity index (χ4n) is 4.33. The van der Waals surface area contributed by atoms with Crippen LogP contribution in [0.1, 0.15) is 30.6 Å². The van der Waals surface area contributed by atoms with Crippen molar-refractivity contribution >= 4 is 29.0 Å². The van der Waals surface area contributed by atoms with Gasteiger partial charge in [-0.2, -0.15) is 0 Å². The lowest BCUT2D eigenvalue weighted by atomic mass is 10.1. The molecule has 1 fully saturated rings. The highest BCUT2D eigenvalue weighted by molar-refractivity contribution is 7.99. The number of carbonyl (C=O) groups is 1. The van der Waals surface area contributed by atoms with Gasteiger partial charge in [0.1, 0.15) is 5.76 Å². The number of rotatable bonds is 8. The molecule has 5 rings (SSSR count). The van der Waals surface area contributed by atoms with Crippen molar-refractivity contribution in [2.24, 2.45) is 0 Å². The van der Waals surface area contributed by atoms with Gasteiger partial charge in [0.2, 0.25) is 5.91 Å². The first-order valence-corrected chi connectivity index (χ1v) is 12.9. The molecule has 35 heavy (non-hydrogen) atoms. The third-order valence-corrected chi connectivity index (χ3v) is 7.06. The molecule has 1 aliphatic rings. The number of hydrogen-bond donors (Lipinski definition) is 1. The van der Waals surface area contributed by atoms with Crippen LogP contribution >= 0.6 is 11.8 Å². The van der Waals surface area contributed by atoms with Crippen molar-refractivity contribution in [1.82, 2.24) is 14.8 Å². The van der Waals surface area contributed by atoms with Crippen LogP contribution in [0, 0.1) is 6.92 Å². The average molecular weight is 488 g/mol. The van der Waals surface area contributed by atoms with E-state index in [1.807, 2.05) is 41.0 Å². The normalized spacial score (nSPS) is 13.7. The van der Waals surface area contributed by atoms with Crippen molar-refractivity contribution in [2.45, 2.75) is 37.9 Å². The van der Waals surface area contributed by atoms with Gasteiger partial charge in [-0.25, -0.2) is 0 Å². The van der Waals surface area contributed by atoms with Gasteiger partial charge in [0, 0.05) is 30.0 Å². The lowest BCUT2D eigenvalue weighted by molar-refractivity contribution is -0.113. The summed E-state index contributed by atoms with van der Waals surface area (Å²) in [6.45, 7) is 4.75. The number of aryl methyl sites for hydroxylation is 1. The molecule has 2 aromatic carbocycles. The molecule has 8 heteroatoms. The van der Waals surface area contributed by atoms with Gasteiger partial charge in [-0.15, -0.1) is 10.2 Å². The Morgan fingerprint density at radius 1 is 1.03 bits per heavy atom. The summed E-state index contributed by atoms with van der Waals surface area (Å²) < 4.78 is 7.57. The molecule has 2 aromatic heterocycles. The van der Waals surface area contributed by atoms with Gasteiger partial charge in [-0.05, 0) is 68.7 Å². The zero-order chi connectivity index (χ0) is 24.0. The van der Waals surface area contributed by atoms with Crippen molar-refractivity contribution in [3.05, 3.63) is 78.3 Å². The molecule has 0 radical (unpaired) electrons. The highest BCUT2D eigenvalue weighted by Crippen LogP contribution is 2.27. The van der Waals surface area contributed by atoms with Gasteiger partial charge in [-0.3, -0.25) is 9.36 Å². The fourth-order valence-corrected chi connectivity index (χ4v) is 5.07. The van der Waals surface area contributed by atoms with Crippen molar-refractivity contribution in [2.75, 3.05) is 29.1 Å². The maximum Gasteiger partial charge on any atom is 0.234 e. The second kappa shape index (κ2) is 10.8. The molecular weight excluding hydrogens is 458 g/mol. The molecule has 4 aromatic rings. The van der Waals surface area contributed by atoms with Gasteiger partial charge in [0.25, 0.3) is 0 Å². The Labute approximate surface area is 209 Å². The molecule has 1 amide bonds. The standard InChI is InChI=1S/C27H29N5O2S/c1-20-7-5-8-21(17-20)26-29-30-27(32(26)18-24-9-6-16-34-24)35-19-25(33)28-22-10-12-23(13-11-22)31-14-3-2-4-15-31/h5-13,16-17H,2-4,14-15,18-19H2,1H3,(H,28,33). The number of nitrogens with zero attached hydrogens (tertiary/aromatic N) is 4. The van der Waals surface area contributed by atoms with Crippen LogP contribution in [0.4, 0.5) is 11.4 Å². The Kier molecular flexibility index (Phi) is 7.18. The van der Waals surface area contributed by atoms with Gasteiger partial charge < -0.3 is 14.6 Å². The lowest BCUT2D eigenvalue weighted by Crippen LogP contribution is -2.29. The molecule has 0 atom stereocenters. The molecular formula is C27H29N5O2S.